The van der Waals surface area contributed by atoms with E-state index < -0.39 is 11.6 Å². The van der Waals surface area contributed by atoms with Crippen LogP contribution < -0.4 is 15.6 Å². The number of benzene rings is 5. The molecule has 1 aliphatic heterocycles. The Bertz CT molecular complexity index is 1870. The Hall–Kier alpha value is -4.28. The quantitative estimate of drug-likeness (QED) is 0.0785. The van der Waals surface area contributed by atoms with Crippen LogP contribution in [-0.4, -0.2) is 42.2 Å². The van der Waals surface area contributed by atoms with Crippen LogP contribution in [0.25, 0.3) is 11.1 Å². The summed E-state index contributed by atoms with van der Waals surface area (Å²) >= 11 is 7.19. The second-order valence-electron chi connectivity index (χ2n) is 11.8. The standard InChI is InChI=1S/C40H37Br2N3O4/c41-34-19-11-28(12-20-34)23-24-43-45-39(47)40(27-33-9-4-5-10-36(33)42)37(31-15-13-30(14-16-31)29-7-2-1-3-8-29)49-38(44-40)32-17-21-35(22-18-32)48-26-6-25-46/h1-5,7-22,37,43,46H,6,23-27H2,(H,45,47)/t37-,40-/m0/s1. The van der Waals surface area contributed by atoms with Crippen molar-refractivity contribution in [2.24, 2.45) is 4.99 Å². The number of nitrogens with one attached hydrogen (secondary N) is 2. The van der Waals surface area contributed by atoms with Crippen molar-refractivity contribution < 1.29 is 19.4 Å². The van der Waals surface area contributed by atoms with Crippen molar-refractivity contribution in [3.8, 4) is 16.9 Å². The number of carbonyl (C=O) groups excluding carboxylic acids is 1. The van der Waals surface area contributed by atoms with E-state index in [9.17, 15) is 4.79 Å². The maximum Gasteiger partial charge on any atom is 0.266 e. The molecule has 3 N–H and O–H groups in total. The van der Waals surface area contributed by atoms with E-state index in [1.807, 2.05) is 91.0 Å². The van der Waals surface area contributed by atoms with Gasteiger partial charge in [0.15, 0.2) is 11.6 Å². The molecule has 7 nitrogen and oxygen atoms in total. The second-order valence-corrected chi connectivity index (χ2v) is 13.6. The molecule has 0 unspecified atom stereocenters. The molecule has 49 heavy (non-hydrogen) atoms. The molecule has 0 saturated carbocycles. The summed E-state index contributed by atoms with van der Waals surface area (Å²) in [4.78, 5) is 19.7. The average molecular weight is 784 g/mol. The zero-order chi connectivity index (χ0) is 34.1. The summed E-state index contributed by atoms with van der Waals surface area (Å²) in [6, 6.07) is 41.8. The van der Waals surface area contributed by atoms with E-state index in [4.69, 9.17) is 19.6 Å². The molecular weight excluding hydrogens is 746 g/mol. The normalized spacial score (nSPS) is 16.9. The lowest BCUT2D eigenvalue weighted by Crippen LogP contribution is -2.54. The van der Waals surface area contributed by atoms with Gasteiger partial charge in [-0.25, -0.2) is 10.4 Å². The summed E-state index contributed by atoms with van der Waals surface area (Å²) in [5.74, 6) is 0.752. The Kier molecular flexibility index (Phi) is 11.6. The molecule has 5 aromatic carbocycles. The lowest BCUT2D eigenvalue weighted by Gasteiger charge is -2.31. The van der Waals surface area contributed by atoms with Crippen LogP contribution in [0.5, 0.6) is 5.75 Å². The summed E-state index contributed by atoms with van der Waals surface area (Å²) < 4.78 is 14.4. The van der Waals surface area contributed by atoms with Crippen molar-refractivity contribution in [1.82, 2.24) is 10.9 Å². The van der Waals surface area contributed by atoms with Gasteiger partial charge in [0.2, 0.25) is 5.90 Å². The first-order valence-corrected chi connectivity index (χ1v) is 17.8. The topological polar surface area (TPSA) is 92.2 Å². The van der Waals surface area contributed by atoms with Gasteiger partial charge < -0.3 is 14.6 Å². The van der Waals surface area contributed by atoms with Gasteiger partial charge in [-0.1, -0.05) is 117 Å². The van der Waals surface area contributed by atoms with Crippen molar-refractivity contribution in [3.63, 3.8) is 0 Å². The van der Waals surface area contributed by atoms with Gasteiger partial charge in [0, 0.05) is 40.5 Å². The summed E-state index contributed by atoms with van der Waals surface area (Å²) in [7, 11) is 0. The molecule has 1 amide bonds. The fraction of sp³-hybridized carbons (Fsp3) is 0.200. The van der Waals surface area contributed by atoms with Gasteiger partial charge in [0.05, 0.1) is 6.61 Å². The van der Waals surface area contributed by atoms with Crippen molar-refractivity contribution in [2.75, 3.05) is 19.8 Å². The molecule has 1 aliphatic rings. The number of amides is 1. The Morgan fingerprint density at radius 2 is 1.49 bits per heavy atom. The maximum atomic E-state index is 14.6. The van der Waals surface area contributed by atoms with E-state index in [1.165, 1.54) is 0 Å². The summed E-state index contributed by atoms with van der Waals surface area (Å²) in [6.07, 6.45) is 0.832. The van der Waals surface area contributed by atoms with Crippen molar-refractivity contribution >= 4 is 43.7 Å². The lowest BCUT2D eigenvalue weighted by atomic mass is 9.82. The van der Waals surface area contributed by atoms with Gasteiger partial charge in [-0.2, -0.15) is 0 Å². The van der Waals surface area contributed by atoms with Gasteiger partial charge in [-0.05, 0) is 76.7 Å². The van der Waals surface area contributed by atoms with Gasteiger partial charge in [-0.15, -0.1) is 0 Å². The molecule has 0 aliphatic carbocycles. The number of aliphatic hydroxyl groups excluding tert-OH is 1. The Morgan fingerprint density at radius 1 is 0.816 bits per heavy atom. The highest BCUT2D eigenvalue weighted by Crippen LogP contribution is 2.43. The monoisotopic (exact) mass is 781 g/mol. The van der Waals surface area contributed by atoms with Crippen LogP contribution in [-0.2, 0) is 22.4 Å². The fourth-order valence-corrected chi connectivity index (χ4v) is 6.49. The molecule has 0 radical (unpaired) electrons. The molecule has 2 atom stereocenters. The van der Waals surface area contributed by atoms with E-state index >= 15 is 0 Å². The fourth-order valence-electron chi connectivity index (χ4n) is 5.80. The highest BCUT2D eigenvalue weighted by atomic mass is 79.9. The molecule has 9 heteroatoms. The van der Waals surface area contributed by atoms with Crippen LogP contribution in [0.4, 0.5) is 0 Å². The largest absolute Gasteiger partial charge is 0.494 e. The summed E-state index contributed by atoms with van der Waals surface area (Å²) in [5.41, 5.74) is 10.6. The number of halogens is 2. The van der Waals surface area contributed by atoms with E-state index in [0.29, 0.717) is 31.2 Å². The van der Waals surface area contributed by atoms with Crippen LogP contribution >= 0.6 is 31.9 Å². The zero-order valence-electron chi connectivity index (χ0n) is 26.8. The minimum atomic E-state index is -1.35. The number of aliphatic hydroxyl groups is 1. The molecule has 250 valence electrons. The van der Waals surface area contributed by atoms with Crippen LogP contribution in [0.1, 0.15) is 34.8 Å². The number of rotatable bonds is 14. The van der Waals surface area contributed by atoms with Gasteiger partial charge in [-0.3, -0.25) is 10.2 Å². The Labute approximate surface area is 303 Å². The zero-order valence-corrected chi connectivity index (χ0v) is 30.0. The smallest absolute Gasteiger partial charge is 0.266 e. The number of ether oxygens (including phenoxy) is 2. The first-order chi connectivity index (χ1) is 23.9. The molecular formula is C40H37Br2N3O4. The third kappa shape index (κ3) is 8.48. The van der Waals surface area contributed by atoms with Crippen LogP contribution in [0.3, 0.4) is 0 Å². The van der Waals surface area contributed by atoms with Crippen molar-refractivity contribution in [1.29, 1.82) is 0 Å². The maximum absolute atomic E-state index is 14.6. The molecule has 0 aromatic heterocycles. The van der Waals surface area contributed by atoms with Crippen molar-refractivity contribution in [3.05, 3.63) is 159 Å². The SMILES string of the molecule is O=C(NNCCc1ccc(Br)cc1)[C@@]1(Cc2ccccc2Br)N=C(c2ccc(OCCCO)cc2)O[C@H]1c1ccc(-c2ccccc2)cc1. The highest BCUT2D eigenvalue weighted by molar-refractivity contribution is 9.10. The highest BCUT2D eigenvalue weighted by Gasteiger charge is 2.53. The lowest BCUT2D eigenvalue weighted by molar-refractivity contribution is -0.130. The molecule has 5 aromatic rings. The molecule has 0 saturated heterocycles. The number of aliphatic imine (C=N–C) groups is 1. The van der Waals surface area contributed by atoms with Crippen LogP contribution in [0.2, 0.25) is 0 Å². The van der Waals surface area contributed by atoms with E-state index in [2.05, 4.69) is 79.1 Å². The molecule has 0 fully saturated rings. The molecule has 1 heterocycles. The Balaban J connectivity index is 1.35. The first kappa shape index (κ1) is 34.6. The number of hydrogen-bond acceptors (Lipinski definition) is 6. The Morgan fingerprint density at radius 3 is 2.20 bits per heavy atom. The molecule has 0 spiro atoms. The van der Waals surface area contributed by atoms with Gasteiger partial charge in [0.25, 0.3) is 5.91 Å². The predicted octanol–water partition coefficient (Wildman–Crippen LogP) is 8.00. The molecule has 6 rings (SSSR count). The number of hydrazine groups is 1. The molecule has 0 bridgehead atoms. The summed E-state index contributed by atoms with van der Waals surface area (Å²) in [6.45, 7) is 1.01. The van der Waals surface area contributed by atoms with Crippen LogP contribution in [0.15, 0.2) is 141 Å². The third-order valence-corrected chi connectivity index (χ3v) is 9.72. The van der Waals surface area contributed by atoms with Crippen LogP contribution in [0, 0.1) is 0 Å². The summed E-state index contributed by atoms with van der Waals surface area (Å²) in [5, 5.41) is 9.12. The van der Waals surface area contributed by atoms with E-state index in [0.717, 1.165) is 48.7 Å². The third-order valence-electron chi connectivity index (χ3n) is 8.42. The van der Waals surface area contributed by atoms with Gasteiger partial charge >= 0.3 is 0 Å². The predicted molar refractivity (Wildman–Crippen MR) is 200 cm³/mol. The first-order valence-electron chi connectivity index (χ1n) is 16.2. The minimum absolute atomic E-state index is 0.0667. The number of hydrogen-bond donors (Lipinski definition) is 3. The van der Waals surface area contributed by atoms with Crippen molar-refractivity contribution in [2.45, 2.75) is 30.9 Å². The number of carbonyl (C=O) groups is 1. The van der Waals surface area contributed by atoms with E-state index in [-0.39, 0.29) is 18.9 Å². The number of nitrogens with zero attached hydrogens (tertiary/aromatic N) is 1. The minimum Gasteiger partial charge on any atom is -0.494 e. The average Bonchev–Trinajstić information content (AvgIpc) is 3.53. The van der Waals surface area contributed by atoms with Gasteiger partial charge in [0.1, 0.15) is 5.75 Å². The second kappa shape index (κ2) is 16.4. The van der Waals surface area contributed by atoms with E-state index in [1.54, 1.807) is 0 Å².